The van der Waals surface area contributed by atoms with Gasteiger partial charge in [-0.25, -0.2) is 0 Å². The van der Waals surface area contributed by atoms with Crippen molar-refractivity contribution in [3.63, 3.8) is 0 Å². The molecule has 0 bridgehead atoms. The van der Waals surface area contributed by atoms with Gasteiger partial charge in [0.25, 0.3) is 0 Å². The van der Waals surface area contributed by atoms with E-state index in [-0.39, 0.29) is 0 Å². The van der Waals surface area contributed by atoms with E-state index >= 15 is 0 Å². The molecule has 0 spiro atoms. The third-order valence-electron chi connectivity index (χ3n) is 9.85. The van der Waals surface area contributed by atoms with Crippen LogP contribution < -0.4 is 9.80 Å². The predicted molar refractivity (Wildman–Crippen MR) is 217 cm³/mol. The Morgan fingerprint density at radius 3 is 1.06 bits per heavy atom. The van der Waals surface area contributed by atoms with Crippen molar-refractivity contribution in [1.29, 1.82) is 0 Å². The molecule has 0 amide bonds. The third-order valence-corrected chi connectivity index (χ3v) is 9.85. The van der Waals surface area contributed by atoms with Crippen LogP contribution in [0, 0.1) is 20.8 Å². The van der Waals surface area contributed by atoms with Crippen LogP contribution in [-0.4, -0.2) is 0 Å². The highest BCUT2D eigenvalue weighted by atomic mass is 15.1. The van der Waals surface area contributed by atoms with E-state index in [4.69, 9.17) is 0 Å². The lowest BCUT2D eigenvalue weighted by Gasteiger charge is -2.27. The first-order valence-corrected chi connectivity index (χ1v) is 18.0. The van der Waals surface area contributed by atoms with Gasteiger partial charge in [-0.05, 0) is 106 Å². The second-order valence-corrected chi connectivity index (χ2v) is 13.7. The number of hydrogen-bond acceptors (Lipinski definition) is 2. The van der Waals surface area contributed by atoms with Crippen molar-refractivity contribution < 1.29 is 0 Å². The van der Waals surface area contributed by atoms with Gasteiger partial charge in [-0.15, -0.1) is 0 Å². The van der Waals surface area contributed by atoms with Crippen LogP contribution in [0.25, 0.3) is 22.3 Å². The average Bonchev–Trinajstić information content (AvgIpc) is 3.16. The molecule has 0 saturated carbocycles. The van der Waals surface area contributed by atoms with Crippen LogP contribution >= 0.6 is 0 Å². The molecule has 51 heavy (non-hydrogen) atoms. The zero-order valence-corrected chi connectivity index (χ0v) is 30.0. The number of anilines is 2. The minimum Gasteiger partial charge on any atom is -0.363 e. The number of benzene rings is 7. The van der Waals surface area contributed by atoms with Gasteiger partial charge in [0.05, 0.1) is 0 Å². The van der Waals surface area contributed by atoms with Crippen molar-refractivity contribution in [1.82, 2.24) is 0 Å². The molecule has 0 atom stereocenters. The van der Waals surface area contributed by atoms with E-state index in [0.29, 0.717) is 0 Å². The Bertz CT molecular complexity index is 2090. The molecule has 0 aromatic heterocycles. The van der Waals surface area contributed by atoms with E-state index in [1.165, 1.54) is 72.6 Å². The van der Waals surface area contributed by atoms with Crippen molar-refractivity contribution in [3.8, 4) is 22.3 Å². The Kier molecular flexibility index (Phi) is 10.4. The molecule has 7 aromatic rings. The fourth-order valence-electron chi connectivity index (χ4n) is 7.21. The topological polar surface area (TPSA) is 6.48 Å². The van der Waals surface area contributed by atoms with Crippen molar-refractivity contribution in [2.24, 2.45) is 0 Å². The number of hydrogen-bond donors (Lipinski definition) is 0. The molecular weight excluding hydrogens is 617 g/mol. The van der Waals surface area contributed by atoms with Gasteiger partial charge in [-0.1, -0.05) is 152 Å². The second kappa shape index (κ2) is 15.8. The molecule has 0 heterocycles. The Balaban J connectivity index is 1.22. The minimum atomic E-state index is 0.848. The van der Waals surface area contributed by atoms with Crippen molar-refractivity contribution in [2.75, 3.05) is 9.80 Å². The smallest absolute Gasteiger partial charge is 0.0433 e. The minimum absolute atomic E-state index is 0.848. The van der Waals surface area contributed by atoms with E-state index in [0.717, 1.165) is 26.2 Å². The van der Waals surface area contributed by atoms with Crippen LogP contribution in [0.1, 0.15) is 38.9 Å². The van der Waals surface area contributed by atoms with E-state index < -0.39 is 0 Å². The molecule has 0 N–H and O–H groups in total. The molecule has 0 aliphatic heterocycles. The van der Waals surface area contributed by atoms with Gasteiger partial charge >= 0.3 is 0 Å². The number of rotatable bonds is 12. The summed E-state index contributed by atoms with van der Waals surface area (Å²) in [5.41, 5.74) is 16.7. The highest BCUT2D eigenvalue weighted by Gasteiger charge is 2.18. The first kappa shape index (κ1) is 33.6. The maximum absolute atomic E-state index is 2.49. The van der Waals surface area contributed by atoms with Gasteiger partial charge in [0.1, 0.15) is 0 Å². The van der Waals surface area contributed by atoms with E-state index in [1.54, 1.807) is 0 Å². The summed E-state index contributed by atoms with van der Waals surface area (Å²) in [5.74, 6) is 0. The quantitative estimate of drug-likeness (QED) is 0.128. The molecule has 2 heteroatoms. The van der Waals surface area contributed by atoms with Gasteiger partial charge in [0.2, 0.25) is 0 Å². The van der Waals surface area contributed by atoms with Gasteiger partial charge in [0, 0.05) is 37.6 Å². The second-order valence-electron chi connectivity index (χ2n) is 13.7. The Morgan fingerprint density at radius 1 is 0.314 bits per heavy atom. The Morgan fingerprint density at radius 2 is 0.686 bits per heavy atom. The molecule has 0 aliphatic rings. The monoisotopic (exact) mass is 662 g/mol. The van der Waals surface area contributed by atoms with Crippen LogP contribution in [0.4, 0.5) is 11.4 Å². The summed E-state index contributed by atoms with van der Waals surface area (Å²) in [4.78, 5) is 4.97. The molecule has 7 aromatic carbocycles. The molecular formula is C49H46N2. The largest absolute Gasteiger partial charge is 0.363 e. The van der Waals surface area contributed by atoms with E-state index in [2.05, 4.69) is 206 Å². The first-order chi connectivity index (χ1) is 25.0. The molecule has 2 nitrogen and oxygen atoms in total. The third kappa shape index (κ3) is 8.14. The highest BCUT2D eigenvalue weighted by molar-refractivity contribution is 5.89. The highest BCUT2D eigenvalue weighted by Crippen LogP contribution is 2.40. The fourth-order valence-corrected chi connectivity index (χ4v) is 7.21. The van der Waals surface area contributed by atoms with E-state index in [1.807, 2.05) is 0 Å². The van der Waals surface area contributed by atoms with Crippen molar-refractivity contribution in [2.45, 2.75) is 47.0 Å². The lowest BCUT2D eigenvalue weighted by Crippen LogP contribution is -2.22. The van der Waals surface area contributed by atoms with Crippen LogP contribution in [0.15, 0.2) is 176 Å². The maximum atomic E-state index is 2.49. The summed E-state index contributed by atoms with van der Waals surface area (Å²) in [7, 11) is 0. The maximum Gasteiger partial charge on any atom is 0.0433 e. The summed E-state index contributed by atoms with van der Waals surface area (Å²) < 4.78 is 0. The van der Waals surface area contributed by atoms with Crippen LogP contribution in [0.5, 0.6) is 0 Å². The normalized spacial score (nSPS) is 11.0. The summed E-state index contributed by atoms with van der Waals surface area (Å²) in [6.45, 7) is 10.2. The average molecular weight is 663 g/mol. The molecule has 0 saturated heterocycles. The summed E-state index contributed by atoms with van der Waals surface area (Å²) in [5, 5.41) is 0. The zero-order chi connectivity index (χ0) is 35.0. The molecule has 0 radical (unpaired) electrons. The molecule has 0 fully saturated rings. The van der Waals surface area contributed by atoms with Gasteiger partial charge in [-0.2, -0.15) is 0 Å². The van der Waals surface area contributed by atoms with Crippen molar-refractivity contribution in [3.05, 3.63) is 215 Å². The lowest BCUT2D eigenvalue weighted by molar-refractivity contribution is 0.799. The predicted octanol–water partition coefficient (Wildman–Crippen LogP) is 12.4. The summed E-state index contributed by atoms with van der Waals surface area (Å²) >= 11 is 0. The number of aryl methyl sites for hydroxylation is 3. The standard InChI is InChI=1S/C49H46N2/c1-37-17-16-26-48(46-29-27-44(31-38(46)2)50(33-40-18-8-4-9-19-40)34-41-20-10-5-11-21-41)49(37)47-30-28-45(32-39(47)3)51(35-42-22-12-6-13-23-42)36-43-24-14-7-15-25-43/h4-32H,33-36H2,1-3H3. The Labute approximate surface area is 304 Å². The SMILES string of the molecule is Cc1cc(N(Cc2ccccc2)Cc2ccccc2)ccc1-c1cccc(C)c1-c1ccc(N(Cc2ccccc2)Cc2ccccc2)cc1C. The first-order valence-electron chi connectivity index (χ1n) is 18.0. The molecule has 252 valence electrons. The fraction of sp³-hybridized carbons (Fsp3) is 0.143. The van der Waals surface area contributed by atoms with Crippen LogP contribution in [0.3, 0.4) is 0 Å². The van der Waals surface area contributed by atoms with Gasteiger partial charge < -0.3 is 9.80 Å². The molecule has 0 aliphatic carbocycles. The van der Waals surface area contributed by atoms with Gasteiger partial charge in [-0.3, -0.25) is 0 Å². The zero-order valence-electron chi connectivity index (χ0n) is 30.0. The van der Waals surface area contributed by atoms with Crippen molar-refractivity contribution >= 4 is 11.4 Å². The Hall–Kier alpha value is -5.86. The molecule has 0 unspecified atom stereocenters. The van der Waals surface area contributed by atoms with E-state index in [9.17, 15) is 0 Å². The summed E-state index contributed by atoms with van der Waals surface area (Å²) in [6.07, 6.45) is 0. The molecule has 7 rings (SSSR count). The van der Waals surface area contributed by atoms with Gasteiger partial charge in [0.15, 0.2) is 0 Å². The van der Waals surface area contributed by atoms with Crippen LogP contribution in [-0.2, 0) is 26.2 Å². The number of nitrogens with zero attached hydrogens (tertiary/aromatic N) is 2. The summed E-state index contributed by atoms with van der Waals surface area (Å²) in [6, 6.07) is 63.9. The van der Waals surface area contributed by atoms with Crippen LogP contribution in [0.2, 0.25) is 0 Å². The lowest BCUT2D eigenvalue weighted by atomic mass is 9.87.